The summed E-state index contributed by atoms with van der Waals surface area (Å²) in [5, 5.41) is 3.59. The van der Waals surface area contributed by atoms with Crippen molar-refractivity contribution in [2.75, 3.05) is 13.7 Å². The molecule has 21 heavy (non-hydrogen) atoms. The van der Waals surface area contributed by atoms with Gasteiger partial charge in [0.1, 0.15) is 0 Å². The maximum absolute atomic E-state index is 5.16. The van der Waals surface area contributed by atoms with Gasteiger partial charge in [-0.25, -0.2) is 4.98 Å². The molecule has 2 rings (SSSR count). The van der Waals surface area contributed by atoms with Crippen LogP contribution in [0, 0.1) is 17.3 Å². The highest BCUT2D eigenvalue weighted by molar-refractivity contribution is 5.20. The molecule has 1 saturated carbocycles. The average Bonchev–Trinajstić information content (AvgIpc) is 2.47. The van der Waals surface area contributed by atoms with Crippen LogP contribution in [0.15, 0.2) is 18.3 Å². The first-order chi connectivity index (χ1) is 9.99. The number of ether oxygens (including phenoxy) is 1. The maximum atomic E-state index is 5.16. The molecule has 0 atom stereocenters. The molecule has 1 aliphatic carbocycles. The molecule has 1 fully saturated rings. The van der Waals surface area contributed by atoms with Gasteiger partial charge in [0.15, 0.2) is 0 Å². The van der Waals surface area contributed by atoms with Crippen molar-refractivity contribution in [3.63, 3.8) is 0 Å². The number of hydrogen-bond acceptors (Lipinski definition) is 3. The predicted molar refractivity (Wildman–Crippen MR) is 87.4 cm³/mol. The van der Waals surface area contributed by atoms with E-state index in [1.165, 1.54) is 31.2 Å². The molecule has 0 unspecified atom stereocenters. The first-order valence-electron chi connectivity index (χ1n) is 8.18. The van der Waals surface area contributed by atoms with Crippen LogP contribution in [-0.4, -0.2) is 18.6 Å². The van der Waals surface area contributed by atoms with Crippen molar-refractivity contribution in [3.8, 4) is 5.88 Å². The zero-order chi connectivity index (χ0) is 15.3. The molecule has 0 amide bonds. The standard InChI is InChI=1S/C18H30N2O/c1-18(2,3)16-7-5-14(6-8-16)12-19-13-15-9-10-20-17(11-15)21-4/h9-11,14,16,19H,5-8,12-13H2,1-4H3. The number of aromatic nitrogens is 1. The Morgan fingerprint density at radius 3 is 2.57 bits per heavy atom. The lowest BCUT2D eigenvalue weighted by Crippen LogP contribution is -2.30. The molecule has 1 N–H and O–H groups in total. The molecule has 0 aliphatic heterocycles. The summed E-state index contributed by atoms with van der Waals surface area (Å²) in [5.74, 6) is 2.44. The molecular weight excluding hydrogens is 260 g/mol. The molecule has 3 nitrogen and oxygen atoms in total. The van der Waals surface area contributed by atoms with E-state index in [9.17, 15) is 0 Å². The van der Waals surface area contributed by atoms with Crippen molar-refractivity contribution in [1.82, 2.24) is 10.3 Å². The van der Waals surface area contributed by atoms with E-state index < -0.39 is 0 Å². The van der Waals surface area contributed by atoms with Gasteiger partial charge in [-0.05, 0) is 61.1 Å². The van der Waals surface area contributed by atoms with Crippen molar-refractivity contribution >= 4 is 0 Å². The topological polar surface area (TPSA) is 34.1 Å². The van der Waals surface area contributed by atoms with Crippen molar-refractivity contribution in [2.45, 2.75) is 53.0 Å². The second kappa shape index (κ2) is 7.26. The fourth-order valence-electron chi connectivity index (χ4n) is 3.33. The van der Waals surface area contributed by atoms with Gasteiger partial charge in [0.2, 0.25) is 5.88 Å². The monoisotopic (exact) mass is 290 g/mol. The van der Waals surface area contributed by atoms with Gasteiger partial charge in [-0.1, -0.05) is 20.8 Å². The summed E-state index contributed by atoms with van der Waals surface area (Å²) in [4.78, 5) is 4.14. The van der Waals surface area contributed by atoms with Gasteiger partial charge in [-0.15, -0.1) is 0 Å². The Hall–Kier alpha value is -1.09. The summed E-state index contributed by atoms with van der Waals surface area (Å²) in [6.07, 6.45) is 7.32. The normalized spacial score (nSPS) is 23.0. The van der Waals surface area contributed by atoms with E-state index in [0.29, 0.717) is 11.3 Å². The molecule has 0 saturated heterocycles. The van der Waals surface area contributed by atoms with Crippen LogP contribution in [0.5, 0.6) is 5.88 Å². The zero-order valence-electron chi connectivity index (χ0n) is 14.0. The SMILES string of the molecule is COc1cc(CNCC2CCC(C(C)(C)C)CC2)ccn1. The third kappa shape index (κ3) is 4.99. The third-order valence-corrected chi connectivity index (χ3v) is 4.84. The number of nitrogens with zero attached hydrogens (tertiary/aromatic N) is 1. The van der Waals surface area contributed by atoms with Crippen molar-refractivity contribution in [1.29, 1.82) is 0 Å². The van der Waals surface area contributed by atoms with Crippen LogP contribution in [0.25, 0.3) is 0 Å². The second-order valence-electron chi connectivity index (χ2n) is 7.42. The van der Waals surface area contributed by atoms with E-state index in [2.05, 4.69) is 31.1 Å². The first kappa shape index (κ1) is 16.3. The highest BCUT2D eigenvalue weighted by Gasteiger charge is 2.29. The smallest absolute Gasteiger partial charge is 0.213 e. The maximum Gasteiger partial charge on any atom is 0.213 e. The molecule has 1 aromatic heterocycles. The van der Waals surface area contributed by atoms with Gasteiger partial charge in [-0.3, -0.25) is 0 Å². The number of rotatable bonds is 5. The van der Waals surface area contributed by atoms with Crippen LogP contribution in [0.3, 0.4) is 0 Å². The quantitative estimate of drug-likeness (QED) is 0.889. The lowest BCUT2D eigenvalue weighted by molar-refractivity contribution is 0.149. The molecule has 0 spiro atoms. The molecule has 3 heteroatoms. The van der Waals surface area contributed by atoms with Crippen LogP contribution in [0.2, 0.25) is 0 Å². The lowest BCUT2D eigenvalue weighted by Gasteiger charge is -2.37. The lowest BCUT2D eigenvalue weighted by atomic mass is 9.70. The van der Waals surface area contributed by atoms with Gasteiger partial charge in [0.05, 0.1) is 7.11 Å². The number of nitrogens with one attached hydrogen (secondary N) is 1. The summed E-state index contributed by atoms with van der Waals surface area (Å²) in [6, 6.07) is 4.05. The van der Waals surface area contributed by atoms with Crippen LogP contribution < -0.4 is 10.1 Å². The van der Waals surface area contributed by atoms with Gasteiger partial charge < -0.3 is 10.1 Å². The van der Waals surface area contributed by atoms with Crippen LogP contribution >= 0.6 is 0 Å². The molecule has 1 heterocycles. The van der Waals surface area contributed by atoms with Gasteiger partial charge in [0.25, 0.3) is 0 Å². The van der Waals surface area contributed by atoms with E-state index in [-0.39, 0.29) is 0 Å². The number of pyridine rings is 1. The Morgan fingerprint density at radius 2 is 1.95 bits per heavy atom. The summed E-state index contributed by atoms with van der Waals surface area (Å²) in [6.45, 7) is 9.17. The Bertz CT molecular complexity index is 431. The van der Waals surface area contributed by atoms with Crippen LogP contribution in [0.1, 0.15) is 52.0 Å². The molecule has 118 valence electrons. The van der Waals surface area contributed by atoms with Gasteiger partial charge in [0, 0.05) is 18.8 Å². The summed E-state index contributed by atoms with van der Waals surface area (Å²) >= 11 is 0. The average molecular weight is 290 g/mol. The van der Waals surface area contributed by atoms with Gasteiger partial charge in [-0.2, -0.15) is 0 Å². The minimum Gasteiger partial charge on any atom is -0.481 e. The minimum atomic E-state index is 0.478. The molecule has 1 aliphatic rings. The highest BCUT2D eigenvalue weighted by atomic mass is 16.5. The summed E-state index contributed by atoms with van der Waals surface area (Å²) in [5.41, 5.74) is 1.72. The van der Waals surface area contributed by atoms with E-state index in [1.54, 1.807) is 7.11 Å². The van der Waals surface area contributed by atoms with Crippen molar-refractivity contribution < 1.29 is 4.74 Å². The predicted octanol–water partition coefficient (Wildman–Crippen LogP) is 4.03. The van der Waals surface area contributed by atoms with E-state index in [0.717, 1.165) is 24.9 Å². The summed E-state index contributed by atoms with van der Waals surface area (Å²) in [7, 11) is 1.66. The summed E-state index contributed by atoms with van der Waals surface area (Å²) < 4.78 is 5.16. The van der Waals surface area contributed by atoms with Crippen molar-refractivity contribution in [3.05, 3.63) is 23.9 Å². The number of hydrogen-bond donors (Lipinski definition) is 1. The third-order valence-electron chi connectivity index (χ3n) is 4.84. The highest BCUT2D eigenvalue weighted by Crippen LogP contribution is 2.39. The molecule has 0 radical (unpaired) electrons. The van der Waals surface area contributed by atoms with Crippen LogP contribution in [0.4, 0.5) is 0 Å². The second-order valence-corrected chi connectivity index (χ2v) is 7.42. The Balaban J connectivity index is 1.70. The molecule has 1 aromatic rings. The van der Waals surface area contributed by atoms with E-state index in [4.69, 9.17) is 4.74 Å². The van der Waals surface area contributed by atoms with E-state index in [1.807, 2.05) is 18.3 Å². The van der Waals surface area contributed by atoms with Crippen molar-refractivity contribution in [2.24, 2.45) is 17.3 Å². The van der Waals surface area contributed by atoms with Crippen LogP contribution in [-0.2, 0) is 6.54 Å². The Labute approximate surface area is 129 Å². The molecule has 0 aromatic carbocycles. The fourth-order valence-corrected chi connectivity index (χ4v) is 3.33. The molecular formula is C18H30N2O. The molecule has 0 bridgehead atoms. The zero-order valence-corrected chi connectivity index (χ0v) is 14.0. The fraction of sp³-hybridized carbons (Fsp3) is 0.722. The largest absolute Gasteiger partial charge is 0.481 e. The first-order valence-corrected chi connectivity index (χ1v) is 8.18. The Morgan fingerprint density at radius 1 is 1.24 bits per heavy atom. The number of methoxy groups -OCH3 is 1. The minimum absolute atomic E-state index is 0.478. The van der Waals surface area contributed by atoms with E-state index >= 15 is 0 Å². The van der Waals surface area contributed by atoms with Gasteiger partial charge >= 0.3 is 0 Å². The Kier molecular flexibility index (Phi) is 5.63.